The fraction of sp³-hybridized carbons (Fsp3) is 0.688. The molecule has 0 aliphatic carbocycles. The second kappa shape index (κ2) is 6.71. The predicted molar refractivity (Wildman–Crippen MR) is 80.5 cm³/mol. The lowest BCUT2D eigenvalue weighted by Gasteiger charge is -2.42. The zero-order valence-corrected chi connectivity index (χ0v) is 13.0. The van der Waals surface area contributed by atoms with Gasteiger partial charge in [-0.3, -0.25) is 4.79 Å². The molecule has 2 aliphatic heterocycles. The number of ether oxygens (including phenoxy) is 2. The molecular formula is C16H23N3O3. The zero-order valence-electron chi connectivity index (χ0n) is 13.0. The van der Waals surface area contributed by atoms with Crippen LogP contribution in [0.4, 0.5) is 0 Å². The van der Waals surface area contributed by atoms with Crippen molar-refractivity contribution in [3.8, 4) is 0 Å². The molecule has 3 heterocycles. The van der Waals surface area contributed by atoms with Crippen LogP contribution in [0, 0.1) is 5.92 Å². The summed E-state index contributed by atoms with van der Waals surface area (Å²) in [5, 5.41) is 0. The number of rotatable bonds is 4. The summed E-state index contributed by atoms with van der Waals surface area (Å²) >= 11 is 0. The number of aromatic nitrogens is 2. The molecule has 0 saturated carbocycles. The quantitative estimate of drug-likeness (QED) is 0.844. The van der Waals surface area contributed by atoms with E-state index in [-0.39, 0.29) is 17.3 Å². The van der Waals surface area contributed by atoms with Gasteiger partial charge in [0.05, 0.1) is 5.60 Å². The lowest BCUT2D eigenvalue weighted by Crippen LogP contribution is -2.49. The average molecular weight is 305 g/mol. The van der Waals surface area contributed by atoms with Crippen LogP contribution in [0.3, 0.4) is 0 Å². The molecule has 0 N–H and O–H groups in total. The molecule has 6 nitrogen and oxygen atoms in total. The molecule has 1 spiro atoms. The first-order valence-corrected chi connectivity index (χ1v) is 7.94. The van der Waals surface area contributed by atoms with Crippen molar-refractivity contribution in [2.45, 2.75) is 31.3 Å². The normalized spacial score (nSPS) is 23.9. The molecule has 2 saturated heterocycles. The van der Waals surface area contributed by atoms with Crippen LogP contribution in [0.5, 0.6) is 0 Å². The molecule has 3 rings (SSSR count). The molecule has 1 aromatic rings. The van der Waals surface area contributed by atoms with Crippen LogP contribution in [0.2, 0.25) is 0 Å². The van der Waals surface area contributed by atoms with Gasteiger partial charge in [0.25, 0.3) is 5.91 Å². The van der Waals surface area contributed by atoms with E-state index in [1.54, 1.807) is 25.6 Å². The van der Waals surface area contributed by atoms with E-state index in [2.05, 4.69) is 9.97 Å². The average Bonchev–Trinajstić information content (AvgIpc) is 2.96. The lowest BCUT2D eigenvalue weighted by molar-refractivity contribution is -0.0662. The summed E-state index contributed by atoms with van der Waals surface area (Å²) in [6.45, 7) is 3.02. The van der Waals surface area contributed by atoms with Crippen LogP contribution >= 0.6 is 0 Å². The van der Waals surface area contributed by atoms with Crippen molar-refractivity contribution in [2.75, 3.05) is 33.4 Å². The van der Waals surface area contributed by atoms with Crippen LogP contribution in [0.15, 0.2) is 18.5 Å². The highest BCUT2D eigenvalue weighted by Crippen LogP contribution is 2.42. The van der Waals surface area contributed by atoms with Gasteiger partial charge in [-0.1, -0.05) is 0 Å². The minimum Gasteiger partial charge on any atom is -0.385 e. The second-order valence-electron chi connectivity index (χ2n) is 6.04. The molecule has 1 atom stereocenters. The third-order valence-electron chi connectivity index (χ3n) is 4.92. The number of hydrogen-bond acceptors (Lipinski definition) is 5. The number of carbonyl (C=O) groups excluding carboxylic acids is 1. The number of piperidine rings is 1. The number of likely N-dealkylation sites (tertiary alicyclic amines) is 1. The summed E-state index contributed by atoms with van der Waals surface area (Å²) in [5.74, 6) is 0.737. The summed E-state index contributed by atoms with van der Waals surface area (Å²) in [5.41, 5.74) is -0.0626. The van der Waals surface area contributed by atoms with Gasteiger partial charge in [0, 0.05) is 45.8 Å². The third-order valence-corrected chi connectivity index (χ3v) is 4.92. The highest BCUT2D eigenvalue weighted by atomic mass is 16.5. The van der Waals surface area contributed by atoms with Gasteiger partial charge < -0.3 is 14.4 Å². The fourth-order valence-electron chi connectivity index (χ4n) is 3.64. The first kappa shape index (κ1) is 15.4. The smallest absolute Gasteiger partial charge is 0.291 e. The van der Waals surface area contributed by atoms with E-state index in [1.807, 2.05) is 4.90 Å². The SMILES string of the molecule is COCC[C@H]1CCOC12CCN(C(=O)c1ncccn1)CC2. The molecule has 2 aliphatic rings. The zero-order chi connectivity index (χ0) is 15.4. The summed E-state index contributed by atoms with van der Waals surface area (Å²) in [4.78, 5) is 22.3. The van der Waals surface area contributed by atoms with E-state index in [4.69, 9.17) is 9.47 Å². The standard InChI is InChI=1S/C16H23N3O3/c1-21-11-3-13-4-12-22-16(13)5-9-19(10-6-16)15(20)14-17-7-2-8-18-14/h2,7-8,13H,3-6,9-12H2,1H3/t13-/m0/s1. The largest absolute Gasteiger partial charge is 0.385 e. The number of hydrogen-bond donors (Lipinski definition) is 0. The third kappa shape index (κ3) is 2.98. The van der Waals surface area contributed by atoms with E-state index in [9.17, 15) is 4.79 Å². The van der Waals surface area contributed by atoms with Crippen molar-refractivity contribution >= 4 is 5.91 Å². The Morgan fingerprint density at radius 2 is 2.14 bits per heavy atom. The molecule has 0 radical (unpaired) electrons. The summed E-state index contributed by atoms with van der Waals surface area (Å²) in [6, 6.07) is 1.72. The van der Waals surface area contributed by atoms with Crippen molar-refractivity contribution < 1.29 is 14.3 Å². The fourth-order valence-corrected chi connectivity index (χ4v) is 3.64. The van der Waals surface area contributed by atoms with Crippen molar-refractivity contribution in [3.63, 3.8) is 0 Å². The van der Waals surface area contributed by atoms with Crippen molar-refractivity contribution in [3.05, 3.63) is 24.3 Å². The molecule has 120 valence electrons. The second-order valence-corrected chi connectivity index (χ2v) is 6.04. The van der Waals surface area contributed by atoms with E-state index in [0.29, 0.717) is 19.0 Å². The Balaban J connectivity index is 1.61. The summed E-state index contributed by atoms with van der Waals surface area (Å²) < 4.78 is 11.3. The van der Waals surface area contributed by atoms with E-state index < -0.39 is 0 Å². The van der Waals surface area contributed by atoms with Crippen LogP contribution in [-0.4, -0.2) is 59.8 Å². The maximum Gasteiger partial charge on any atom is 0.291 e. The van der Waals surface area contributed by atoms with Gasteiger partial charge in [0.2, 0.25) is 5.82 Å². The van der Waals surface area contributed by atoms with Crippen LogP contribution < -0.4 is 0 Å². The number of methoxy groups -OCH3 is 1. The lowest BCUT2D eigenvalue weighted by atomic mass is 9.78. The summed E-state index contributed by atoms with van der Waals surface area (Å²) in [6.07, 6.45) is 7.12. The molecule has 1 amide bonds. The number of nitrogens with zero attached hydrogens (tertiary/aromatic N) is 3. The van der Waals surface area contributed by atoms with Gasteiger partial charge in [0.1, 0.15) is 0 Å². The van der Waals surface area contributed by atoms with Crippen LogP contribution in [0.1, 0.15) is 36.3 Å². The highest BCUT2D eigenvalue weighted by molar-refractivity contribution is 5.90. The van der Waals surface area contributed by atoms with Crippen molar-refractivity contribution in [2.24, 2.45) is 5.92 Å². The number of amides is 1. The Labute approximate surface area is 130 Å². The minimum absolute atomic E-state index is 0.0626. The summed E-state index contributed by atoms with van der Waals surface area (Å²) in [7, 11) is 1.74. The molecule has 0 unspecified atom stereocenters. The monoisotopic (exact) mass is 305 g/mol. The maximum absolute atomic E-state index is 12.4. The first-order chi connectivity index (χ1) is 10.7. The van der Waals surface area contributed by atoms with Crippen LogP contribution in [-0.2, 0) is 9.47 Å². The Morgan fingerprint density at radius 3 is 2.82 bits per heavy atom. The first-order valence-electron chi connectivity index (χ1n) is 7.94. The topological polar surface area (TPSA) is 64.6 Å². The molecule has 6 heteroatoms. The molecule has 22 heavy (non-hydrogen) atoms. The molecule has 0 aromatic carbocycles. The van der Waals surface area contributed by atoms with Gasteiger partial charge in [-0.15, -0.1) is 0 Å². The Hall–Kier alpha value is -1.53. The van der Waals surface area contributed by atoms with Gasteiger partial charge >= 0.3 is 0 Å². The van der Waals surface area contributed by atoms with E-state index in [1.165, 1.54) is 0 Å². The minimum atomic E-state index is -0.0816. The Morgan fingerprint density at radius 1 is 1.41 bits per heavy atom. The maximum atomic E-state index is 12.4. The van der Waals surface area contributed by atoms with E-state index >= 15 is 0 Å². The predicted octanol–water partition coefficient (Wildman–Crippen LogP) is 1.52. The molecular weight excluding hydrogens is 282 g/mol. The molecule has 2 fully saturated rings. The van der Waals surface area contributed by atoms with Gasteiger partial charge in [-0.25, -0.2) is 9.97 Å². The molecule has 0 bridgehead atoms. The van der Waals surface area contributed by atoms with Crippen molar-refractivity contribution in [1.82, 2.24) is 14.9 Å². The van der Waals surface area contributed by atoms with Gasteiger partial charge in [-0.2, -0.15) is 0 Å². The highest BCUT2D eigenvalue weighted by Gasteiger charge is 2.46. The van der Waals surface area contributed by atoms with Crippen LogP contribution in [0.25, 0.3) is 0 Å². The number of carbonyl (C=O) groups is 1. The Kier molecular flexibility index (Phi) is 4.69. The van der Waals surface area contributed by atoms with Gasteiger partial charge in [-0.05, 0) is 37.7 Å². The molecule has 1 aromatic heterocycles. The van der Waals surface area contributed by atoms with Crippen molar-refractivity contribution in [1.29, 1.82) is 0 Å². The van der Waals surface area contributed by atoms with Gasteiger partial charge in [0.15, 0.2) is 0 Å². The van der Waals surface area contributed by atoms with E-state index in [0.717, 1.165) is 38.9 Å². The Bertz CT molecular complexity index is 501.